The van der Waals surface area contributed by atoms with Crippen LogP contribution in [-0.4, -0.2) is 16.0 Å². The highest BCUT2D eigenvalue weighted by Crippen LogP contribution is 2.36. The molecule has 0 spiro atoms. The van der Waals surface area contributed by atoms with Gasteiger partial charge in [0.2, 0.25) is 0 Å². The van der Waals surface area contributed by atoms with Gasteiger partial charge in [-0.05, 0) is 30.7 Å². The summed E-state index contributed by atoms with van der Waals surface area (Å²) in [5.41, 5.74) is 7.18. The van der Waals surface area contributed by atoms with E-state index in [0.717, 1.165) is 5.56 Å². The SMILES string of the molecule is Cc1ccc(C(N)=NO)c(Sc2ccccc2[N+](=O)[O-])c1. The number of nitro benzene ring substituents is 1. The van der Waals surface area contributed by atoms with Crippen LogP contribution in [0.5, 0.6) is 0 Å². The van der Waals surface area contributed by atoms with Crippen LogP contribution in [0.25, 0.3) is 0 Å². The molecule has 0 atom stereocenters. The first-order chi connectivity index (χ1) is 10.0. The molecule has 3 N–H and O–H groups in total. The van der Waals surface area contributed by atoms with Gasteiger partial charge in [-0.25, -0.2) is 0 Å². The van der Waals surface area contributed by atoms with Crippen molar-refractivity contribution in [2.75, 3.05) is 0 Å². The van der Waals surface area contributed by atoms with Crippen molar-refractivity contribution >= 4 is 23.3 Å². The predicted octanol–water partition coefficient (Wildman–Crippen LogP) is 3.15. The smallest absolute Gasteiger partial charge is 0.283 e. The van der Waals surface area contributed by atoms with Crippen molar-refractivity contribution < 1.29 is 10.1 Å². The summed E-state index contributed by atoms with van der Waals surface area (Å²) in [6.07, 6.45) is 0. The highest BCUT2D eigenvalue weighted by atomic mass is 32.2. The standard InChI is InChI=1S/C14H13N3O3S/c1-9-6-7-10(14(15)16-18)13(8-9)21-12-5-3-2-4-11(12)17(19)20/h2-8,18H,1H3,(H2,15,16). The van der Waals surface area contributed by atoms with Gasteiger partial charge in [-0.2, -0.15) is 0 Å². The van der Waals surface area contributed by atoms with E-state index in [2.05, 4.69) is 5.16 Å². The molecular formula is C14H13N3O3S. The number of oxime groups is 1. The van der Waals surface area contributed by atoms with Crippen molar-refractivity contribution in [1.29, 1.82) is 0 Å². The van der Waals surface area contributed by atoms with E-state index in [0.29, 0.717) is 15.4 Å². The number of aryl methyl sites for hydroxylation is 1. The molecule has 0 radical (unpaired) electrons. The van der Waals surface area contributed by atoms with E-state index in [1.807, 2.05) is 19.1 Å². The molecule has 0 aliphatic heterocycles. The zero-order valence-corrected chi connectivity index (χ0v) is 12.0. The number of nitro groups is 1. The summed E-state index contributed by atoms with van der Waals surface area (Å²) >= 11 is 1.21. The Hall–Kier alpha value is -2.54. The molecule has 0 bridgehead atoms. The van der Waals surface area contributed by atoms with Crippen LogP contribution in [0.1, 0.15) is 11.1 Å². The van der Waals surface area contributed by atoms with Crippen molar-refractivity contribution in [3.63, 3.8) is 0 Å². The lowest BCUT2D eigenvalue weighted by Gasteiger charge is -2.09. The minimum atomic E-state index is -0.429. The van der Waals surface area contributed by atoms with Gasteiger partial charge in [-0.1, -0.05) is 35.1 Å². The molecule has 0 aromatic heterocycles. The number of nitrogens with two attached hydrogens (primary N) is 1. The summed E-state index contributed by atoms with van der Waals surface area (Å²) in [6.45, 7) is 1.90. The minimum Gasteiger partial charge on any atom is -0.409 e. The Bertz CT molecular complexity index is 716. The fourth-order valence-corrected chi connectivity index (χ4v) is 2.95. The fourth-order valence-electron chi connectivity index (χ4n) is 1.79. The molecule has 0 saturated heterocycles. The summed E-state index contributed by atoms with van der Waals surface area (Å²) in [5, 5.41) is 22.9. The van der Waals surface area contributed by atoms with Crippen LogP contribution in [0.2, 0.25) is 0 Å². The number of para-hydroxylation sites is 1. The lowest BCUT2D eigenvalue weighted by atomic mass is 10.1. The van der Waals surface area contributed by atoms with Crippen molar-refractivity contribution in [1.82, 2.24) is 0 Å². The van der Waals surface area contributed by atoms with Crippen LogP contribution >= 0.6 is 11.8 Å². The molecule has 21 heavy (non-hydrogen) atoms. The highest BCUT2D eigenvalue weighted by molar-refractivity contribution is 7.99. The molecule has 0 aliphatic carbocycles. The molecule has 0 fully saturated rings. The Morgan fingerprint density at radius 1 is 1.29 bits per heavy atom. The lowest BCUT2D eigenvalue weighted by molar-refractivity contribution is -0.387. The molecule has 2 aromatic carbocycles. The van der Waals surface area contributed by atoms with Crippen LogP contribution in [-0.2, 0) is 0 Å². The van der Waals surface area contributed by atoms with Gasteiger partial charge in [0, 0.05) is 16.5 Å². The van der Waals surface area contributed by atoms with E-state index in [-0.39, 0.29) is 11.5 Å². The molecule has 108 valence electrons. The van der Waals surface area contributed by atoms with Gasteiger partial charge in [0.25, 0.3) is 5.69 Å². The number of benzene rings is 2. The molecule has 0 unspecified atom stereocenters. The molecule has 0 aliphatic rings. The number of amidine groups is 1. The monoisotopic (exact) mass is 303 g/mol. The average molecular weight is 303 g/mol. The maximum absolute atomic E-state index is 11.1. The third-order valence-electron chi connectivity index (χ3n) is 2.80. The lowest BCUT2D eigenvalue weighted by Crippen LogP contribution is -2.14. The molecule has 6 nitrogen and oxygen atoms in total. The van der Waals surface area contributed by atoms with E-state index < -0.39 is 4.92 Å². The number of hydrogen-bond acceptors (Lipinski definition) is 5. The van der Waals surface area contributed by atoms with Gasteiger partial charge in [0.15, 0.2) is 5.84 Å². The van der Waals surface area contributed by atoms with Gasteiger partial charge in [-0.15, -0.1) is 0 Å². The summed E-state index contributed by atoms with van der Waals surface area (Å²) in [4.78, 5) is 11.8. The van der Waals surface area contributed by atoms with E-state index in [1.165, 1.54) is 17.8 Å². The van der Waals surface area contributed by atoms with Crippen molar-refractivity contribution in [2.45, 2.75) is 16.7 Å². The van der Waals surface area contributed by atoms with Crippen molar-refractivity contribution in [2.24, 2.45) is 10.9 Å². The fraction of sp³-hybridized carbons (Fsp3) is 0.0714. The van der Waals surface area contributed by atoms with Crippen molar-refractivity contribution in [3.05, 3.63) is 63.7 Å². The van der Waals surface area contributed by atoms with Gasteiger partial charge in [0.1, 0.15) is 0 Å². The van der Waals surface area contributed by atoms with E-state index in [9.17, 15) is 10.1 Å². The number of nitrogens with zero attached hydrogens (tertiary/aromatic N) is 2. The molecule has 0 heterocycles. The first-order valence-corrected chi connectivity index (χ1v) is 6.84. The zero-order chi connectivity index (χ0) is 15.4. The second kappa shape index (κ2) is 6.27. The number of hydrogen-bond donors (Lipinski definition) is 2. The highest BCUT2D eigenvalue weighted by Gasteiger charge is 2.16. The predicted molar refractivity (Wildman–Crippen MR) is 80.9 cm³/mol. The van der Waals surface area contributed by atoms with Gasteiger partial charge >= 0.3 is 0 Å². The van der Waals surface area contributed by atoms with Gasteiger partial charge < -0.3 is 10.9 Å². The van der Waals surface area contributed by atoms with Crippen molar-refractivity contribution in [3.8, 4) is 0 Å². The Morgan fingerprint density at radius 3 is 2.67 bits per heavy atom. The minimum absolute atomic E-state index is 0.0227. The Kier molecular flexibility index (Phi) is 4.44. The quantitative estimate of drug-likeness (QED) is 0.297. The maximum Gasteiger partial charge on any atom is 0.283 e. The van der Waals surface area contributed by atoms with Crippen LogP contribution in [0, 0.1) is 17.0 Å². The summed E-state index contributed by atoms with van der Waals surface area (Å²) < 4.78 is 0. The van der Waals surface area contributed by atoms with Gasteiger partial charge in [0.05, 0.1) is 9.82 Å². The van der Waals surface area contributed by atoms with Crippen LogP contribution < -0.4 is 5.73 Å². The van der Waals surface area contributed by atoms with E-state index in [4.69, 9.17) is 10.9 Å². The summed E-state index contributed by atoms with van der Waals surface area (Å²) in [6, 6.07) is 11.9. The molecule has 0 saturated carbocycles. The molecule has 7 heteroatoms. The van der Waals surface area contributed by atoms with Crippen LogP contribution in [0.15, 0.2) is 57.4 Å². The third kappa shape index (κ3) is 3.32. The first-order valence-electron chi connectivity index (χ1n) is 6.02. The number of rotatable bonds is 4. The molecule has 2 rings (SSSR count). The Morgan fingerprint density at radius 2 is 2.00 bits per heavy atom. The molecular weight excluding hydrogens is 290 g/mol. The van der Waals surface area contributed by atoms with Crippen LogP contribution in [0.3, 0.4) is 0 Å². The Labute approximate surface area is 125 Å². The normalized spacial score (nSPS) is 11.4. The molecule has 2 aromatic rings. The average Bonchev–Trinajstić information content (AvgIpc) is 2.47. The van der Waals surface area contributed by atoms with Crippen LogP contribution in [0.4, 0.5) is 5.69 Å². The van der Waals surface area contributed by atoms with E-state index in [1.54, 1.807) is 24.3 Å². The zero-order valence-electron chi connectivity index (χ0n) is 11.2. The third-order valence-corrected chi connectivity index (χ3v) is 3.93. The summed E-state index contributed by atoms with van der Waals surface area (Å²) in [5.74, 6) is -0.0314. The van der Waals surface area contributed by atoms with E-state index >= 15 is 0 Å². The molecule has 0 amide bonds. The maximum atomic E-state index is 11.1. The largest absolute Gasteiger partial charge is 0.409 e. The first kappa shape index (κ1) is 14.9. The topological polar surface area (TPSA) is 102 Å². The Balaban J connectivity index is 2.49. The summed E-state index contributed by atoms with van der Waals surface area (Å²) in [7, 11) is 0. The van der Waals surface area contributed by atoms with Gasteiger partial charge in [-0.3, -0.25) is 10.1 Å². The second-order valence-electron chi connectivity index (χ2n) is 4.31. The second-order valence-corrected chi connectivity index (χ2v) is 5.40.